The maximum absolute atomic E-state index is 4.56. The molecule has 0 saturated heterocycles. The third kappa shape index (κ3) is 2.80. The van der Waals surface area contributed by atoms with Gasteiger partial charge in [-0.15, -0.1) is 0 Å². The minimum atomic E-state index is 0.613. The molecular formula is C12H21N3. The van der Waals surface area contributed by atoms with Gasteiger partial charge in [0.2, 0.25) is 0 Å². The molecule has 0 spiro atoms. The Morgan fingerprint density at radius 1 is 1.13 bits per heavy atom. The van der Waals surface area contributed by atoms with Crippen molar-refractivity contribution >= 4 is 0 Å². The van der Waals surface area contributed by atoms with Crippen LogP contribution in [0.15, 0.2) is 0 Å². The first kappa shape index (κ1) is 10.7. The highest BCUT2D eigenvalue weighted by Gasteiger charge is 2.17. The van der Waals surface area contributed by atoms with Crippen molar-refractivity contribution in [2.45, 2.75) is 64.2 Å². The van der Waals surface area contributed by atoms with Gasteiger partial charge in [0.05, 0.1) is 0 Å². The van der Waals surface area contributed by atoms with Crippen molar-refractivity contribution in [1.29, 1.82) is 0 Å². The molecule has 1 heterocycles. The average Bonchev–Trinajstić information content (AvgIpc) is 2.65. The number of H-pyrrole nitrogens is 1. The second kappa shape index (κ2) is 5.29. The minimum Gasteiger partial charge on any atom is -0.263 e. The zero-order chi connectivity index (χ0) is 10.5. The summed E-state index contributed by atoms with van der Waals surface area (Å²) in [6.45, 7) is 2.11. The van der Waals surface area contributed by atoms with Crippen molar-refractivity contribution in [2.75, 3.05) is 0 Å². The van der Waals surface area contributed by atoms with E-state index >= 15 is 0 Å². The van der Waals surface area contributed by atoms with Gasteiger partial charge < -0.3 is 0 Å². The van der Waals surface area contributed by atoms with Crippen molar-refractivity contribution in [3.05, 3.63) is 11.6 Å². The van der Waals surface area contributed by atoms with E-state index in [0.29, 0.717) is 5.92 Å². The van der Waals surface area contributed by atoms with E-state index < -0.39 is 0 Å². The molecule has 1 aromatic heterocycles. The molecule has 1 fully saturated rings. The lowest BCUT2D eigenvalue weighted by atomic mass is 9.91. The quantitative estimate of drug-likeness (QED) is 0.809. The summed E-state index contributed by atoms with van der Waals surface area (Å²) in [5.74, 6) is 2.71. The second-order valence-corrected chi connectivity index (χ2v) is 4.54. The zero-order valence-electron chi connectivity index (χ0n) is 9.63. The zero-order valence-corrected chi connectivity index (χ0v) is 9.63. The molecule has 0 radical (unpaired) electrons. The Kier molecular flexibility index (Phi) is 3.75. The predicted octanol–water partition coefficient (Wildman–Crippen LogP) is 3.20. The molecule has 0 aromatic carbocycles. The number of aromatic amines is 1. The van der Waals surface area contributed by atoms with Crippen LogP contribution < -0.4 is 0 Å². The summed E-state index contributed by atoms with van der Waals surface area (Å²) in [7, 11) is 0. The molecule has 1 aliphatic carbocycles. The van der Waals surface area contributed by atoms with Crippen molar-refractivity contribution < 1.29 is 0 Å². The molecule has 15 heavy (non-hydrogen) atoms. The van der Waals surface area contributed by atoms with Gasteiger partial charge in [-0.2, -0.15) is 5.10 Å². The van der Waals surface area contributed by atoms with E-state index in [0.717, 1.165) is 18.1 Å². The Bertz CT molecular complexity index is 285. The third-order valence-corrected chi connectivity index (χ3v) is 3.35. The lowest BCUT2D eigenvalue weighted by molar-refractivity contribution is 0.443. The summed E-state index contributed by atoms with van der Waals surface area (Å²) in [4.78, 5) is 4.56. The van der Waals surface area contributed by atoms with Gasteiger partial charge in [-0.05, 0) is 12.8 Å². The van der Waals surface area contributed by atoms with Crippen LogP contribution in [0.1, 0.15) is 69.4 Å². The van der Waals surface area contributed by atoms with Gasteiger partial charge >= 0.3 is 0 Å². The van der Waals surface area contributed by atoms with E-state index in [4.69, 9.17) is 0 Å². The normalized spacial score (nSPS) is 19.8. The highest BCUT2D eigenvalue weighted by Crippen LogP contribution is 2.28. The first-order valence-corrected chi connectivity index (χ1v) is 6.31. The fourth-order valence-electron chi connectivity index (χ4n) is 2.37. The summed E-state index contributed by atoms with van der Waals surface area (Å²) < 4.78 is 0. The van der Waals surface area contributed by atoms with E-state index in [2.05, 4.69) is 22.1 Å². The number of nitrogens with zero attached hydrogens (tertiary/aromatic N) is 2. The molecule has 0 bridgehead atoms. The van der Waals surface area contributed by atoms with Crippen LogP contribution in [-0.4, -0.2) is 15.2 Å². The number of rotatable bonds is 2. The van der Waals surface area contributed by atoms with Crippen LogP contribution in [-0.2, 0) is 6.42 Å². The first-order valence-electron chi connectivity index (χ1n) is 6.31. The highest BCUT2D eigenvalue weighted by molar-refractivity contribution is 4.98. The fourth-order valence-corrected chi connectivity index (χ4v) is 2.37. The van der Waals surface area contributed by atoms with Crippen LogP contribution in [0.25, 0.3) is 0 Å². The summed E-state index contributed by atoms with van der Waals surface area (Å²) in [6.07, 6.45) is 10.4. The molecule has 1 saturated carbocycles. The van der Waals surface area contributed by atoms with Gasteiger partial charge in [0.1, 0.15) is 5.82 Å². The Balaban J connectivity index is 2.00. The Morgan fingerprint density at radius 3 is 2.40 bits per heavy atom. The summed E-state index contributed by atoms with van der Waals surface area (Å²) in [5, 5.41) is 7.37. The van der Waals surface area contributed by atoms with Crippen LogP contribution in [0.4, 0.5) is 0 Å². The summed E-state index contributed by atoms with van der Waals surface area (Å²) >= 11 is 0. The van der Waals surface area contributed by atoms with E-state index in [9.17, 15) is 0 Å². The highest BCUT2D eigenvalue weighted by atomic mass is 15.2. The maximum Gasteiger partial charge on any atom is 0.153 e. The van der Waals surface area contributed by atoms with Gasteiger partial charge in [0.15, 0.2) is 5.82 Å². The largest absolute Gasteiger partial charge is 0.263 e. The lowest BCUT2D eigenvalue weighted by Crippen LogP contribution is -2.04. The molecule has 1 aromatic rings. The minimum absolute atomic E-state index is 0.613. The SMILES string of the molecule is CCc1nc(C2CCCCCCC2)n[nH]1. The van der Waals surface area contributed by atoms with E-state index in [1.54, 1.807) is 0 Å². The molecule has 0 unspecified atom stereocenters. The monoisotopic (exact) mass is 207 g/mol. The van der Waals surface area contributed by atoms with Crippen molar-refractivity contribution in [2.24, 2.45) is 0 Å². The standard InChI is InChI=1S/C12H21N3/c1-2-11-13-12(15-14-11)10-8-6-4-3-5-7-9-10/h10H,2-9H2,1H3,(H,13,14,15). The van der Waals surface area contributed by atoms with Crippen molar-refractivity contribution in [3.63, 3.8) is 0 Å². The molecule has 0 atom stereocenters. The number of nitrogens with one attached hydrogen (secondary N) is 1. The van der Waals surface area contributed by atoms with Crippen molar-refractivity contribution in [1.82, 2.24) is 15.2 Å². The molecule has 3 heteroatoms. The third-order valence-electron chi connectivity index (χ3n) is 3.35. The molecule has 1 aliphatic rings. The number of hydrogen-bond donors (Lipinski definition) is 1. The summed E-state index contributed by atoms with van der Waals surface area (Å²) in [6, 6.07) is 0. The van der Waals surface area contributed by atoms with E-state index in [-0.39, 0.29) is 0 Å². The van der Waals surface area contributed by atoms with E-state index in [1.807, 2.05) is 0 Å². The van der Waals surface area contributed by atoms with Crippen molar-refractivity contribution in [3.8, 4) is 0 Å². The first-order chi connectivity index (χ1) is 7.40. The summed E-state index contributed by atoms with van der Waals surface area (Å²) in [5.41, 5.74) is 0. The van der Waals surface area contributed by atoms with Gasteiger partial charge in [-0.3, -0.25) is 5.10 Å². The molecule has 84 valence electrons. The molecule has 2 rings (SSSR count). The van der Waals surface area contributed by atoms with Gasteiger partial charge in [-0.25, -0.2) is 4.98 Å². The number of aryl methyl sites for hydroxylation is 1. The Morgan fingerprint density at radius 2 is 1.80 bits per heavy atom. The van der Waals surface area contributed by atoms with E-state index in [1.165, 1.54) is 44.9 Å². The van der Waals surface area contributed by atoms with Gasteiger partial charge in [0, 0.05) is 12.3 Å². The average molecular weight is 207 g/mol. The molecule has 3 nitrogen and oxygen atoms in total. The number of hydrogen-bond acceptors (Lipinski definition) is 2. The molecule has 0 amide bonds. The Hall–Kier alpha value is -0.860. The van der Waals surface area contributed by atoms with Crippen LogP contribution >= 0.6 is 0 Å². The van der Waals surface area contributed by atoms with Crippen LogP contribution in [0, 0.1) is 0 Å². The van der Waals surface area contributed by atoms with Crippen LogP contribution in [0.2, 0.25) is 0 Å². The smallest absolute Gasteiger partial charge is 0.153 e. The molecule has 0 aliphatic heterocycles. The molecule has 1 N–H and O–H groups in total. The fraction of sp³-hybridized carbons (Fsp3) is 0.833. The number of aromatic nitrogens is 3. The lowest BCUT2D eigenvalue weighted by Gasteiger charge is -2.16. The second-order valence-electron chi connectivity index (χ2n) is 4.54. The topological polar surface area (TPSA) is 41.6 Å². The predicted molar refractivity (Wildman–Crippen MR) is 60.8 cm³/mol. The Labute approximate surface area is 91.7 Å². The van der Waals surface area contributed by atoms with Gasteiger partial charge in [0.25, 0.3) is 0 Å². The van der Waals surface area contributed by atoms with Crippen LogP contribution in [0.5, 0.6) is 0 Å². The maximum atomic E-state index is 4.56. The van der Waals surface area contributed by atoms with Gasteiger partial charge in [-0.1, -0.05) is 39.0 Å². The van der Waals surface area contributed by atoms with Crippen LogP contribution in [0.3, 0.4) is 0 Å². The molecular weight excluding hydrogens is 186 g/mol.